The highest BCUT2D eigenvalue weighted by atomic mass is 19.4. The largest absolute Gasteiger partial charge is 0.507 e. The predicted molar refractivity (Wildman–Crippen MR) is 56.7 cm³/mol. The SMILES string of the molecule is CC(C)c1cccc(C(C)C(F)(F)F)c1O. The van der Waals surface area contributed by atoms with E-state index in [1.807, 2.05) is 13.8 Å². The minimum atomic E-state index is -4.33. The van der Waals surface area contributed by atoms with Crippen LogP contribution in [0.25, 0.3) is 0 Å². The van der Waals surface area contributed by atoms with Gasteiger partial charge in [0.05, 0.1) is 5.92 Å². The molecule has 0 saturated heterocycles. The molecule has 1 atom stereocenters. The van der Waals surface area contributed by atoms with E-state index in [-0.39, 0.29) is 17.2 Å². The number of para-hydroxylation sites is 1. The van der Waals surface area contributed by atoms with E-state index in [9.17, 15) is 18.3 Å². The predicted octanol–water partition coefficient (Wildman–Crippen LogP) is 4.18. The summed E-state index contributed by atoms with van der Waals surface area (Å²) in [4.78, 5) is 0. The van der Waals surface area contributed by atoms with Crippen LogP contribution < -0.4 is 0 Å². The lowest BCUT2D eigenvalue weighted by Crippen LogP contribution is -2.18. The van der Waals surface area contributed by atoms with E-state index in [1.54, 1.807) is 12.1 Å². The summed E-state index contributed by atoms with van der Waals surface area (Å²) in [5.41, 5.74) is 0.493. The molecule has 0 radical (unpaired) electrons. The van der Waals surface area contributed by atoms with Crippen molar-refractivity contribution in [2.75, 3.05) is 0 Å². The minimum absolute atomic E-state index is 0.000355. The zero-order valence-electron chi connectivity index (χ0n) is 9.47. The van der Waals surface area contributed by atoms with E-state index in [4.69, 9.17) is 0 Å². The van der Waals surface area contributed by atoms with Crippen molar-refractivity contribution in [3.05, 3.63) is 29.3 Å². The first kappa shape index (κ1) is 12.9. The molecule has 1 N–H and O–H groups in total. The van der Waals surface area contributed by atoms with Crippen molar-refractivity contribution in [2.24, 2.45) is 0 Å². The van der Waals surface area contributed by atoms with Gasteiger partial charge in [-0.05, 0) is 18.4 Å². The van der Waals surface area contributed by atoms with Gasteiger partial charge in [-0.25, -0.2) is 0 Å². The maximum atomic E-state index is 12.5. The van der Waals surface area contributed by atoms with Gasteiger partial charge in [0.2, 0.25) is 0 Å². The van der Waals surface area contributed by atoms with Crippen LogP contribution >= 0.6 is 0 Å². The van der Waals surface area contributed by atoms with Crippen LogP contribution in [0.3, 0.4) is 0 Å². The second-order valence-electron chi connectivity index (χ2n) is 4.20. The molecular formula is C12H15F3O. The van der Waals surface area contributed by atoms with E-state index in [1.165, 1.54) is 6.07 Å². The van der Waals surface area contributed by atoms with Gasteiger partial charge in [0, 0.05) is 5.56 Å². The molecule has 0 aromatic heterocycles. The van der Waals surface area contributed by atoms with Crippen molar-refractivity contribution in [2.45, 2.75) is 38.8 Å². The number of alkyl halides is 3. The molecule has 90 valence electrons. The van der Waals surface area contributed by atoms with Crippen LogP contribution in [0.15, 0.2) is 18.2 Å². The lowest BCUT2D eigenvalue weighted by Gasteiger charge is -2.19. The number of halogens is 3. The third-order valence-electron chi connectivity index (χ3n) is 2.68. The Morgan fingerprint density at radius 3 is 2.00 bits per heavy atom. The van der Waals surface area contributed by atoms with E-state index < -0.39 is 12.1 Å². The molecule has 0 aliphatic heterocycles. The van der Waals surface area contributed by atoms with Gasteiger partial charge in [0.25, 0.3) is 0 Å². The fourth-order valence-corrected chi connectivity index (χ4v) is 1.57. The molecule has 1 unspecified atom stereocenters. The van der Waals surface area contributed by atoms with Gasteiger partial charge in [0.15, 0.2) is 0 Å². The highest BCUT2D eigenvalue weighted by Gasteiger charge is 2.38. The number of aromatic hydroxyl groups is 1. The Kier molecular flexibility index (Phi) is 3.51. The molecule has 0 heterocycles. The van der Waals surface area contributed by atoms with Crippen LogP contribution in [-0.2, 0) is 0 Å². The lowest BCUT2D eigenvalue weighted by molar-refractivity contribution is -0.146. The van der Waals surface area contributed by atoms with Crippen molar-refractivity contribution in [1.29, 1.82) is 0 Å². The smallest absolute Gasteiger partial charge is 0.395 e. The molecule has 1 aromatic rings. The van der Waals surface area contributed by atoms with Gasteiger partial charge < -0.3 is 5.11 Å². The number of phenolic OH excluding ortho intramolecular Hbond substituents is 1. The Hall–Kier alpha value is -1.19. The van der Waals surface area contributed by atoms with Crippen LogP contribution in [0.5, 0.6) is 5.75 Å². The first-order valence-electron chi connectivity index (χ1n) is 5.13. The van der Waals surface area contributed by atoms with Gasteiger partial charge >= 0.3 is 6.18 Å². The molecule has 0 fully saturated rings. The van der Waals surface area contributed by atoms with Crippen molar-refractivity contribution >= 4 is 0 Å². The average Bonchev–Trinajstić information content (AvgIpc) is 2.15. The molecule has 4 heteroatoms. The van der Waals surface area contributed by atoms with Crippen molar-refractivity contribution in [3.8, 4) is 5.75 Å². The van der Waals surface area contributed by atoms with Gasteiger partial charge in [-0.3, -0.25) is 0 Å². The Morgan fingerprint density at radius 2 is 1.56 bits per heavy atom. The summed E-state index contributed by atoms with van der Waals surface area (Å²) in [5, 5.41) is 9.79. The summed E-state index contributed by atoms with van der Waals surface area (Å²) in [6, 6.07) is 4.51. The van der Waals surface area contributed by atoms with Crippen LogP contribution in [-0.4, -0.2) is 11.3 Å². The monoisotopic (exact) mass is 232 g/mol. The van der Waals surface area contributed by atoms with Crippen LogP contribution in [0.2, 0.25) is 0 Å². The topological polar surface area (TPSA) is 20.2 Å². The number of phenols is 1. The van der Waals surface area contributed by atoms with Crippen molar-refractivity contribution in [3.63, 3.8) is 0 Å². The molecule has 0 aliphatic rings. The normalized spacial score (nSPS) is 14.2. The van der Waals surface area contributed by atoms with Crippen LogP contribution in [0.4, 0.5) is 13.2 Å². The molecule has 0 spiro atoms. The first-order chi connectivity index (χ1) is 7.25. The highest BCUT2D eigenvalue weighted by molar-refractivity contribution is 5.44. The third-order valence-corrected chi connectivity index (χ3v) is 2.68. The Bertz CT molecular complexity index is 369. The standard InChI is InChI=1S/C12H15F3O/c1-7(2)9-5-4-6-10(11(9)16)8(3)12(13,14)15/h4-8,16H,1-3H3. The molecule has 1 aromatic carbocycles. The number of rotatable bonds is 2. The van der Waals surface area contributed by atoms with Crippen LogP contribution in [0, 0.1) is 0 Å². The summed E-state index contributed by atoms with van der Waals surface area (Å²) in [6.45, 7) is 4.72. The summed E-state index contributed by atoms with van der Waals surface area (Å²) in [6.07, 6.45) is -4.33. The number of hydrogen-bond donors (Lipinski definition) is 1. The van der Waals surface area contributed by atoms with Gasteiger partial charge in [0.1, 0.15) is 5.75 Å². The molecular weight excluding hydrogens is 217 g/mol. The maximum absolute atomic E-state index is 12.5. The second kappa shape index (κ2) is 4.36. The van der Waals surface area contributed by atoms with Crippen molar-refractivity contribution in [1.82, 2.24) is 0 Å². The second-order valence-corrected chi connectivity index (χ2v) is 4.20. The molecule has 1 nitrogen and oxygen atoms in total. The first-order valence-corrected chi connectivity index (χ1v) is 5.13. The summed E-state index contributed by atoms with van der Waals surface area (Å²) in [5.74, 6) is -1.88. The Morgan fingerprint density at radius 1 is 1.06 bits per heavy atom. The van der Waals surface area contributed by atoms with E-state index in [2.05, 4.69) is 0 Å². The zero-order chi connectivity index (χ0) is 12.5. The fraction of sp³-hybridized carbons (Fsp3) is 0.500. The molecule has 0 bridgehead atoms. The van der Waals surface area contributed by atoms with Gasteiger partial charge in [-0.1, -0.05) is 32.0 Å². The van der Waals surface area contributed by atoms with E-state index >= 15 is 0 Å². The van der Waals surface area contributed by atoms with Crippen LogP contribution in [0.1, 0.15) is 43.7 Å². The minimum Gasteiger partial charge on any atom is -0.507 e. The molecule has 1 rings (SSSR count). The van der Waals surface area contributed by atoms with Gasteiger partial charge in [-0.2, -0.15) is 13.2 Å². The maximum Gasteiger partial charge on any atom is 0.395 e. The average molecular weight is 232 g/mol. The molecule has 16 heavy (non-hydrogen) atoms. The zero-order valence-corrected chi connectivity index (χ0v) is 9.47. The number of hydrogen-bond acceptors (Lipinski definition) is 1. The quantitative estimate of drug-likeness (QED) is 0.810. The molecule has 0 saturated carbocycles. The lowest BCUT2D eigenvalue weighted by atomic mass is 9.93. The molecule has 0 aliphatic carbocycles. The summed E-state index contributed by atoms with van der Waals surface area (Å²) < 4.78 is 37.6. The Labute approximate surface area is 92.9 Å². The van der Waals surface area contributed by atoms with E-state index in [0.29, 0.717) is 5.56 Å². The Balaban J connectivity index is 3.21. The third kappa shape index (κ3) is 2.49. The van der Waals surface area contributed by atoms with E-state index in [0.717, 1.165) is 6.92 Å². The fourth-order valence-electron chi connectivity index (χ4n) is 1.57. The van der Waals surface area contributed by atoms with Gasteiger partial charge in [-0.15, -0.1) is 0 Å². The summed E-state index contributed by atoms with van der Waals surface area (Å²) >= 11 is 0. The van der Waals surface area contributed by atoms with Crippen molar-refractivity contribution < 1.29 is 18.3 Å². The molecule has 0 amide bonds. The number of benzene rings is 1. The summed E-state index contributed by atoms with van der Waals surface area (Å²) in [7, 11) is 0. The highest BCUT2D eigenvalue weighted by Crippen LogP contribution is 2.40.